The molecule has 0 aliphatic heterocycles. The zero-order valence-electron chi connectivity index (χ0n) is 14.6. The average molecular weight is 371 g/mol. The van der Waals surface area contributed by atoms with Crippen molar-refractivity contribution in [1.82, 2.24) is 14.9 Å². The Bertz CT molecular complexity index is 953. The van der Waals surface area contributed by atoms with Crippen molar-refractivity contribution in [3.8, 4) is 11.5 Å². The molecule has 6 nitrogen and oxygen atoms in total. The first-order valence-corrected chi connectivity index (χ1v) is 10.1. The molecule has 0 aliphatic carbocycles. The van der Waals surface area contributed by atoms with Gasteiger partial charge in [-0.25, -0.2) is 13.1 Å². The molecule has 3 rings (SSSR count). The Morgan fingerprint density at radius 2 is 1.85 bits per heavy atom. The van der Waals surface area contributed by atoms with Gasteiger partial charge in [0.1, 0.15) is 0 Å². The molecule has 0 saturated carbocycles. The molecule has 26 heavy (non-hydrogen) atoms. The fraction of sp³-hybridized carbons (Fsp3) is 0.263. The Labute approximate surface area is 153 Å². The molecule has 0 radical (unpaired) electrons. The van der Waals surface area contributed by atoms with Crippen molar-refractivity contribution in [2.24, 2.45) is 0 Å². The van der Waals surface area contributed by atoms with Crippen LogP contribution < -0.4 is 4.72 Å². The minimum atomic E-state index is -3.39. The first kappa shape index (κ1) is 18.3. The van der Waals surface area contributed by atoms with Gasteiger partial charge in [0.15, 0.2) is 0 Å². The predicted octanol–water partition coefficient (Wildman–Crippen LogP) is 3.10. The normalized spacial score (nSPS) is 11.6. The summed E-state index contributed by atoms with van der Waals surface area (Å²) >= 11 is 0. The van der Waals surface area contributed by atoms with E-state index in [0.717, 1.165) is 23.1 Å². The van der Waals surface area contributed by atoms with Crippen LogP contribution in [0.2, 0.25) is 0 Å². The highest BCUT2D eigenvalue weighted by Gasteiger charge is 2.14. The molecule has 3 aromatic rings. The molecule has 0 saturated heterocycles. The number of benzene rings is 2. The summed E-state index contributed by atoms with van der Waals surface area (Å²) in [7, 11) is -3.39. The fourth-order valence-electron chi connectivity index (χ4n) is 2.57. The summed E-state index contributed by atoms with van der Waals surface area (Å²) in [5, 5.41) is 7.89. The molecule has 136 valence electrons. The molecule has 1 aromatic heterocycles. The van der Waals surface area contributed by atoms with Crippen LogP contribution in [0.4, 0.5) is 0 Å². The van der Waals surface area contributed by atoms with Gasteiger partial charge in [-0.1, -0.05) is 48.0 Å². The van der Waals surface area contributed by atoms with Crippen LogP contribution in [-0.2, 0) is 23.0 Å². The van der Waals surface area contributed by atoms with Gasteiger partial charge in [-0.3, -0.25) is 0 Å². The number of hydrogen-bond acceptors (Lipinski definition) is 5. The lowest BCUT2D eigenvalue weighted by Gasteiger charge is -2.05. The lowest BCUT2D eigenvalue weighted by atomic mass is 10.1. The number of nitrogens with zero attached hydrogens (tertiary/aromatic N) is 2. The molecule has 0 bridgehead atoms. The summed E-state index contributed by atoms with van der Waals surface area (Å²) in [4.78, 5) is 0. The van der Waals surface area contributed by atoms with Gasteiger partial charge in [-0.05, 0) is 37.5 Å². The van der Waals surface area contributed by atoms with Gasteiger partial charge in [0.25, 0.3) is 0 Å². The maximum atomic E-state index is 12.1. The highest BCUT2D eigenvalue weighted by atomic mass is 32.2. The van der Waals surface area contributed by atoms with E-state index in [4.69, 9.17) is 4.42 Å². The van der Waals surface area contributed by atoms with Gasteiger partial charge in [-0.2, -0.15) is 0 Å². The van der Waals surface area contributed by atoms with Crippen molar-refractivity contribution in [2.45, 2.75) is 26.3 Å². The van der Waals surface area contributed by atoms with E-state index in [1.165, 1.54) is 0 Å². The number of sulfonamides is 1. The Morgan fingerprint density at radius 1 is 1.04 bits per heavy atom. The largest absolute Gasteiger partial charge is 0.419 e. The van der Waals surface area contributed by atoms with Crippen molar-refractivity contribution in [2.75, 3.05) is 5.75 Å². The number of aryl methyl sites for hydroxylation is 2. The van der Waals surface area contributed by atoms with Crippen LogP contribution in [0.15, 0.2) is 59.0 Å². The molecule has 0 spiro atoms. The maximum Gasteiger partial charge on any atom is 0.247 e. The molecular formula is C19H21N3O3S. The highest BCUT2D eigenvalue weighted by molar-refractivity contribution is 7.89. The monoisotopic (exact) mass is 371 g/mol. The molecule has 0 atom stereocenters. The van der Waals surface area contributed by atoms with Crippen molar-refractivity contribution >= 4 is 10.0 Å². The van der Waals surface area contributed by atoms with Crippen molar-refractivity contribution in [3.63, 3.8) is 0 Å². The Balaban J connectivity index is 1.51. The molecule has 0 fully saturated rings. The Kier molecular flexibility index (Phi) is 5.80. The highest BCUT2D eigenvalue weighted by Crippen LogP contribution is 2.18. The van der Waals surface area contributed by atoms with Crippen molar-refractivity contribution in [3.05, 3.63) is 71.6 Å². The third kappa shape index (κ3) is 5.24. The van der Waals surface area contributed by atoms with E-state index in [0.29, 0.717) is 12.3 Å². The van der Waals surface area contributed by atoms with E-state index in [2.05, 4.69) is 14.9 Å². The van der Waals surface area contributed by atoms with Crippen molar-refractivity contribution < 1.29 is 12.8 Å². The van der Waals surface area contributed by atoms with Gasteiger partial charge >= 0.3 is 0 Å². The van der Waals surface area contributed by atoms with Gasteiger partial charge in [-0.15, -0.1) is 10.2 Å². The van der Waals surface area contributed by atoms with Crippen LogP contribution in [0.25, 0.3) is 11.5 Å². The molecule has 2 aromatic carbocycles. The van der Waals surface area contributed by atoms with Crippen LogP contribution >= 0.6 is 0 Å². The van der Waals surface area contributed by atoms with E-state index in [1.807, 2.05) is 61.5 Å². The molecule has 1 heterocycles. The number of aromatic nitrogens is 2. The average Bonchev–Trinajstić information content (AvgIpc) is 3.10. The SMILES string of the molecule is Cc1cccc(-c2nnc(CNS(=O)(=O)CCCc3ccccc3)o2)c1. The van der Waals surface area contributed by atoms with Gasteiger partial charge < -0.3 is 4.42 Å². The zero-order valence-corrected chi connectivity index (χ0v) is 15.4. The summed E-state index contributed by atoms with van der Waals surface area (Å²) in [5.74, 6) is 0.681. The second-order valence-electron chi connectivity index (χ2n) is 6.10. The summed E-state index contributed by atoms with van der Waals surface area (Å²) in [6.07, 6.45) is 1.28. The zero-order chi connectivity index (χ0) is 18.4. The Hall–Kier alpha value is -2.51. The molecule has 0 unspecified atom stereocenters. The smallest absolute Gasteiger partial charge is 0.247 e. The maximum absolute atomic E-state index is 12.1. The summed E-state index contributed by atoms with van der Waals surface area (Å²) in [6.45, 7) is 1.97. The lowest BCUT2D eigenvalue weighted by Crippen LogP contribution is -2.26. The van der Waals surface area contributed by atoms with Gasteiger partial charge in [0, 0.05) is 5.56 Å². The fourth-order valence-corrected chi connectivity index (χ4v) is 3.59. The number of hydrogen-bond donors (Lipinski definition) is 1. The van der Waals surface area contributed by atoms with E-state index in [9.17, 15) is 8.42 Å². The van der Waals surface area contributed by atoms with Gasteiger partial charge in [0.05, 0.1) is 12.3 Å². The predicted molar refractivity (Wildman–Crippen MR) is 99.9 cm³/mol. The van der Waals surface area contributed by atoms with Crippen LogP contribution in [0.3, 0.4) is 0 Å². The lowest BCUT2D eigenvalue weighted by molar-refractivity contribution is 0.494. The number of nitrogens with one attached hydrogen (secondary N) is 1. The summed E-state index contributed by atoms with van der Waals surface area (Å²) in [6, 6.07) is 17.5. The minimum Gasteiger partial charge on any atom is -0.419 e. The second kappa shape index (κ2) is 8.25. The van der Waals surface area contributed by atoms with Crippen LogP contribution in [0, 0.1) is 6.92 Å². The topological polar surface area (TPSA) is 85.1 Å². The second-order valence-corrected chi connectivity index (χ2v) is 8.03. The van der Waals surface area contributed by atoms with Crippen LogP contribution in [-0.4, -0.2) is 24.4 Å². The standard InChI is InChI=1S/C19H21N3O3S/c1-15-7-5-11-17(13-15)19-22-21-18(25-19)14-20-26(23,24)12-6-10-16-8-3-2-4-9-16/h2-5,7-9,11,13,20H,6,10,12,14H2,1H3. The summed E-state index contributed by atoms with van der Waals surface area (Å²) in [5.41, 5.74) is 3.03. The van der Waals surface area contributed by atoms with Gasteiger partial charge in [0.2, 0.25) is 21.8 Å². The van der Waals surface area contributed by atoms with Crippen LogP contribution in [0.1, 0.15) is 23.4 Å². The Morgan fingerprint density at radius 3 is 2.62 bits per heavy atom. The molecule has 0 aliphatic rings. The third-order valence-corrected chi connectivity index (χ3v) is 5.31. The van der Waals surface area contributed by atoms with E-state index in [1.54, 1.807) is 0 Å². The van der Waals surface area contributed by atoms with E-state index < -0.39 is 10.0 Å². The minimum absolute atomic E-state index is 0.00745. The first-order chi connectivity index (χ1) is 12.5. The van der Waals surface area contributed by atoms with Crippen LogP contribution in [0.5, 0.6) is 0 Å². The number of rotatable bonds is 8. The van der Waals surface area contributed by atoms with E-state index in [-0.39, 0.29) is 18.2 Å². The molecular weight excluding hydrogens is 350 g/mol. The first-order valence-electron chi connectivity index (χ1n) is 8.42. The third-order valence-electron chi connectivity index (χ3n) is 3.90. The summed E-state index contributed by atoms with van der Waals surface area (Å²) < 4.78 is 32.3. The quantitative estimate of drug-likeness (QED) is 0.658. The molecule has 0 amide bonds. The molecule has 7 heteroatoms. The molecule has 1 N–H and O–H groups in total. The van der Waals surface area contributed by atoms with Crippen molar-refractivity contribution in [1.29, 1.82) is 0 Å². The van der Waals surface area contributed by atoms with E-state index >= 15 is 0 Å².